The Morgan fingerprint density at radius 1 is 1.26 bits per heavy atom. The van der Waals surface area contributed by atoms with E-state index in [1.807, 2.05) is 12.3 Å². The number of Topliss-reactive ketones (excluding diaryl/α,β-unsaturated/α-hetero) is 1. The summed E-state index contributed by atoms with van der Waals surface area (Å²) in [6.07, 6.45) is 1.37. The van der Waals surface area contributed by atoms with Crippen molar-refractivity contribution in [2.45, 2.75) is 26.3 Å². The van der Waals surface area contributed by atoms with Crippen LogP contribution in [-0.2, 0) is 4.79 Å². The number of amides is 2. The number of ketones is 1. The molecule has 0 bridgehead atoms. The van der Waals surface area contributed by atoms with Crippen molar-refractivity contribution in [3.63, 3.8) is 0 Å². The van der Waals surface area contributed by atoms with Crippen LogP contribution >= 0.6 is 0 Å². The molecule has 0 radical (unpaired) electrons. The highest BCUT2D eigenvalue weighted by Crippen LogP contribution is 2.12. The molecule has 8 nitrogen and oxygen atoms in total. The van der Waals surface area contributed by atoms with Crippen molar-refractivity contribution >= 4 is 23.8 Å². The van der Waals surface area contributed by atoms with E-state index in [-0.39, 0.29) is 17.0 Å². The summed E-state index contributed by atoms with van der Waals surface area (Å²) in [7, 11) is 0. The molecular weight excluding hydrogens is 298 g/mol. The summed E-state index contributed by atoms with van der Waals surface area (Å²) in [4.78, 5) is 38.8. The molecule has 0 heterocycles. The molecule has 8 heteroatoms. The summed E-state index contributed by atoms with van der Waals surface area (Å²) in [6.45, 7) is 3.65. The fraction of sp³-hybridized carbons (Fsp3) is 0.333. The number of hydrazine groups is 1. The van der Waals surface area contributed by atoms with Gasteiger partial charge in [-0.3, -0.25) is 19.8 Å². The maximum absolute atomic E-state index is 12.4. The number of carbonyl (C=O) groups is 3. The van der Waals surface area contributed by atoms with E-state index >= 15 is 0 Å². The number of hydrogen-bond donors (Lipinski definition) is 3. The van der Waals surface area contributed by atoms with Gasteiger partial charge in [0.2, 0.25) is 0 Å². The van der Waals surface area contributed by atoms with Gasteiger partial charge in [0, 0.05) is 0 Å². The van der Waals surface area contributed by atoms with Gasteiger partial charge in [-0.05, 0) is 18.1 Å². The minimum Gasteiger partial charge on any atom is -0.361 e. The lowest BCUT2D eigenvalue weighted by molar-refractivity contribution is -0.118. The number of nitrogens with two attached hydrogens (primary N) is 1. The second-order valence-electron chi connectivity index (χ2n) is 5.00. The van der Waals surface area contributed by atoms with Gasteiger partial charge in [-0.15, -0.1) is 0 Å². The molecule has 0 aromatic heterocycles. The van der Waals surface area contributed by atoms with Crippen molar-refractivity contribution < 1.29 is 19.2 Å². The maximum atomic E-state index is 12.4. The van der Waals surface area contributed by atoms with Crippen LogP contribution in [0, 0.1) is 5.92 Å². The molecule has 1 rings (SSSR count). The van der Waals surface area contributed by atoms with Crippen molar-refractivity contribution in [2.24, 2.45) is 11.8 Å². The number of benzene rings is 1. The molecular formula is C15H19N5O3. The molecule has 0 aliphatic carbocycles. The monoisotopic (exact) mass is 317 g/mol. The summed E-state index contributed by atoms with van der Waals surface area (Å²) in [5.74, 6) is 3.19. The molecule has 2 atom stereocenters. The van der Waals surface area contributed by atoms with Gasteiger partial charge >= 0.3 is 6.21 Å². The third-order valence-corrected chi connectivity index (χ3v) is 3.54. The van der Waals surface area contributed by atoms with E-state index in [2.05, 4.69) is 10.1 Å². The highest BCUT2D eigenvalue weighted by molar-refractivity contribution is 6.28. The predicted molar refractivity (Wildman–Crippen MR) is 83.5 cm³/mol. The number of nitrogen functional groups attached to an aromatic ring is 1. The molecule has 23 heavy (non-hydrogen) atoms. The Morgan fingerprint density at radius 2 is 1.83 bits per heavy atom. The lowest BCUT2D eigenvalue weighted by Crippen LogP contribution is -2.46. The Kier molecular flexibility index (Phi) is 6.79. The maximum Gasteiger partial charge on any atom is 0.325 e. The minimum absolute atomic E-state index is 0.0949. The molecule has 0 fully saturated rings. The first-order valence-corrected chi connectivity index (χ1v) is 7.08. The highest BCUT2D eigenvalue weighted by Gasteiger charge is 2.28. The molecule has 0 aliphatic rings. The topological polar surface area (TPSA) is 138 Å². The predicted octanol–water partition coefficient (Wildman–Crippen LogP) is 0.304. The standard InChI is InChI=1S/C15H19N5O3/c1-3-9(2)13(12(21)8-18-16)19-14(22)10-6-4-5-7-11(10)15(23)20-17/h4-9,13H,3,17H2,1-2H3,(H,19,22)(H,20,23)/t9-,13+/m0/s1. The van der Waals surface area contributed by atoms with E-state index in [0.29, 0.717) is 6.42 Å². The molecule has 0 saturated carbocycles. The summed E-state index contributed by atoms with van der Waals surface area (Å²) in [5.41, 5.74) is 10.7. The summed E-state index contributed by atoms with van der Waals surface area (Å²) < 4.78 is 0. The van der Waals surface area contributed by atoms with E-state index in [1.165, 1.54) is 12.1 Å². The minimum atomic E-state index is -0.864. The third kappa shape index (κ3) is 4.57. The molecule has 122 valence electrons. The molecule has 1 aromatic carbocycles. The molecule has 1 aromatic rings. The smallest absolute Gasteiger partial charge is 0.325 e. The summed E-state index contributed by atoms with van der Waals surface area (Å²) in [6, 6.07) is 5.23. The second kappa shape index (κ2) is 8.57. The zero-order chi connectivity index (χ0) is 17.4. The van der Waals surface area contributed by atoms with E-state index in [4.69, 9.17) is 11.4 Å². The fourth-order valence-electron chi connectivity index (χ4n) is 2.04. The molecule has 0 spiro atoms. The van der Waals surface area contributed by atoms with E-state index < -0.39 is 23.6 Å². The summed E-state index contributed by atoms with van der Waals surface area (Å²) in [5, 5.41) is 2.58. The largest absolute Gasteiger partial charge is 0.361 e. The lowest BCUT2D eigenvalue weighted by Gasteiger charge is -2.21. The second-order valence-corrected chi connectivity index (χ2v) is 5.00. The number of nitrogens with zero attached hydrogens (tertiary/aromatic N) is 2. The quantitative estimate of drug-likeness (QED) is 0.166. The van der Waals surface area contributed by atoms with Crippen molar-refractivity contribution in [1.29, 1.82) is 0 Å². The van der Waals surface area contributed by atoms with Crippen LogP contribution < -0.4 is 16.6 Å². The van der Waals surface area contributed by atoms with Crippen LogP contribution in [0.4, 0.5) is 0 Å². The first-order chi connectivity index (χ1) is 11.0. The van der Waals surface area contributed by atoms with Crippen LogP contribution in [0.15, 0.2) is 24.3 Å². The van der Waals surface area contributed by atoms with Gasteiger partial charge in [-0.2, -0.15) is 4.79 Å². The van der Waals surface area contributed by atoms with E-state index in [0.717, 1.165) is 6.21 Å². The van der Waals surface area contributed by atoms with Crippen LogP contribution in [0.5, 0.6) is 0 Å². The van der Waals surface area contributed by atoms with E-state index in [1.54, 1.807) is 19.1 Å². The Labute approximate surface area is 133 Å². The van der Waals surface area contributed by atoms with Crippen LogP contribution in [0.3, 0.4) is 0 Å². The molecule has 2 amide bonds. The van der Waals surface area contributed by atoms with E-state index in [9.17, 15) is 14.4 Å². The molecule has 4 N–H and O–H groups in total. The lowest BCUT2D eigenvalue weighted by atomic mass is 9.95. The number of carbonyl (C=O) groups excluding carboxylic acids is 3. The van der Waals surface area contributed by atoms with Crippen LogP contribution in [0.1, 0.15) is 41.0 Å². The SMILES string of the molecule is CC[C@H](C)[C@@H](NC(=O)c1ccccc1C(=O)NN)C(=O)C=[N+]=[N-]. The van der Waals surface area contributed by atoms with Crippen LogP contribution in [-0.4, -0.2) is 34.6 Å². The van der Waals surface area contributed by atoms with Gasteiger partial charge in [-0.25, -0.2) is 5.84 Å². The van der Waals surface area contributed by atoms with Crippen molar-refractivity contribution in [3.05, 3.63) is 40.9 Å². The molecule has 0 saturated heterocycles. The first-order valence-electron chi connectivity index (χ1n) is 7.08. The van der Waals surface area contributed by atoms with Gasteiger partial charge < -0.3 is 10.8 Å². The third-order valence-electron chi connectivity index (χ3n) is 3.54. The Balaban J connectivity index is 3.11. The van der Waals surface area contributed by atoms with Gasteiger partial charge in [-0.1, -0.05) is 32.4 Å². The van der Waals surface area contributed by atoms with Gasteiger partial charge in [0.15, 0.2) is 0 Å². The molecule has 0 aliphatic heterocycles. The zero-order valence-corrected chi connectivity index (χ0v) is 12.9. The Bertz CT molecular complexity index is 652. The Hall–Kier alpha value is -2.83. The fourth-order valence-corrected chi connectivity index (χ4v) is 2.04. The summed E-state index contributed by atoms with van der Waals surface area (Å²) >= 11 is 0. The van der Waals surface area contributed by atoms with Crippen molar-refractivity contribution in [2.75, 3.05) is 0 Å². The Morgan fingerprint density at radius 3 is 2.30 bits per heavy atom. The average molecular weight is 317 g/mol. The highest BCUT2D eigenvalue weighted by atomic mass is 16.2. The van der Waals surface area contributed by atoms with Crippen LogP contribution in [0.25, 0.3) is 5.53 Å². The van der Waals surface area contributed by atoms with Crippen molar-refractivity contribution in [3.8, 4) is 0 Å². The number of rotatable bonds is 7. The van der Waals surface area contributed by atoms with Gasteiger partial charge in [0.25, 0.3) is 17.6 Å². The number of nitrogens with one attached hydrogen (secondary N) is 2. The number of hydrogen-bond acceptors (Lipinski definition) is 4. The van der Waals surface area contributed by atoms with Crippen LogP contribution in [0.2, 0.25) is 0 Å². The normalized spacial score (nSPS) is 12.5. The van der Waals surface area contributed by atoms with Gasteiger partial charge in [0.05, 0.1) is 11.1 Å². The average Bonchev–Trinajstić information content (AvgIpc) is 2.58. The molecule has 0 unspecified atom stereocenters. The van der Waals surface area contributed by atoms with Gasteiger partial charge in [0.1, 0.15) is 6.04 Å². The van der Waals surface area contributed by atoms with Crippen molar-refractivity contribution in [1.82, 2.24) is 10.7 Å². The zero-order valence-electron chi connectivity index (χ0n) is 12.9. The first kappa shape index (κ1) is 18.2.